The zero-order valence-electron chi connectivity index (χ0n) is 8.12. The van der Waals surface area contributed by atoms with Crippen molar-refractivity contribution in [1.29, 1.82) is 0 Å². The molecule has 1 atom stereocenters. The van der Waals surface area contributed by atoms with E-state index in [2.05, 4.69) is 31.2 Å². The number of methoxy groups -OCH3 is 1. The van der Waals surface area contributed by atoms with Crippen LogP contribution in [0.3, 0.4) is 0 Å². The Bertz CT molecular complexity index is 305. The molecule has 0 radical (unpaired) electrons. The minimum absolute atomic E-state index is 0.0632. The maximum Gasteiger partial charge on any atom is 0.232 e. The zero-order valence-corrected chi connectivity index (χ0v) is 9.71. The van der Waals surface area contributed by atoms with Crippen LogP contribution in [0.5, 0.6) is 5.88 Å². The Kier molecular flexibility index (Phi) is 4.09. The third-order valence-corrected chi connectivity index (χ3v) is 2.03. The molecule has 6 heteroatoms. The van der Waals surface area contributed by atoms with Gasteiger partial charge in [0.2, 0.25) is 11.8 Å². The van der Waals surface area contributed by atoms with Gasteiger partial charge in [0.05, 0.1) is 17.8 Å². The number of nitrogens with one attached hydrogen (secondary N) is 1. The third-order valence-electron chi connectivity index (χ3n) is 1.49. The fourth-order valence-electron chi connectivity index (χ4n) is 0.832. The normalized spacial score (nSPS) is 12.3. The van der Waals surface area contributed by atoms with Crippen molar-refractivity contribution in [2.75, 3.05) is 19.0 Å². The van der Waals surface area contributed by atoms with Crippen molar-refractivity contribution in [1.82, 2.24) is 9.97 Å². The Morgan fingerprint density at radius 1 is 1.71 bits per heavy atom. The highest BCUT2D eigenvalue weighted by atomic mass is 79.9. The molecule has 3 N–H and O–H groups in total. The topological polar surface area (TPSA) is 73.1 Å². The zero-order chi connectivity index (χ0) is 10.6. The number of ether oxygens (including phenoxy) is 1. The molecule has 0 aliphatic heterocycles. The molecule has 0 spiro atoms. The predicted molar refractivity (Wildman–Crippen MR) is 58.4 cm³/mol. The van der Waals surface area contributed by atoms with Crippen molar-refractivity contribution >= 4 is 21.9 Å². The molecule has 0 bridgehead atoms. The van der Waals surface area contributed by atoms with E-state index in [1.807, 2.05) is 6.92 Å². The summed E-state index contributed by atoms with van der Waals surface area (Å²) in [7, 11) is 1.56. The largest absolute Gasteiger partial charge is 0.480 e. The van der Waals surface area contributed by atoms with Crippen molar-refractivity contribution in [2.45, 2.75) is 13.0 Å². The highest BCUT2D eigenvalue weighted by Gasteiger charge is 2.04. The van der Waals surface area contributed by atoms with Crippen LogP contribution in [0.4, 0.5) is 5.95 Å². The van der Waals surface area contributed by atoms with Gasteiger partial charge < -0.3 is 15.8 Å². The Balaban J connectivity index is 2.69. The number of rotatable bonds is 4. The fourth-order valence-corrected chi connectivity index (χ4v) is 1.18. The SMILES string of the molecule is COc1nc(NCC(C)N)ncc1Br. The van der Waals surface area contributed by atoms with Gasteiger partial charge in [-0.1, -0.05) is 0 Å². The molecule has 1 aromatic rings. The van der Waals surface area contributed by atoms with Crippen molar-refractivity contribution in [3.8, 4) is 5.88 Å². The van der Waals surface area contributed by atoms with Gasteiger partial charge in [-0.05, 0) is 22.9 Å². The first-order valence-corrected chi connectivity index (χ1v) is 4.98. The van der Waals surface area contributed by atoms with E-state index in [0.717, 1.165) is 4.47 Å². The van der Waals surface area contributed by atoms with E-state index in [1.54, 1.807) is 13.3 Å². The second-order valence-corrected chi connectivity index (χ2v) is 3.76. The number of anilines is 1. The molecule has 0 aromatic carbocycles. The van der Waals surface area contributed by atoms with Crippen molar-refractivity contribution in [3.05, 3.63) is 10.7 Å². The number of nitrogens with two attached hydrogens (primary N) is 1. The summed E-state index contributed by atoms with van der Waals surface area (Å²) in [6, 6.07) is 0.0632. The van der Waals surface area contributed by atoms with E-state index in [0.29, 0.717) is 18.4 Å². The lowest BCUT2D eigenvalue weighted by atomic mass is 10.4. The average Bonchev–Trinajstić information content (AvgIpc) is 2.16. The van der Waals surface area contributed by atoms with Gasteiger partial charge in [0.25, 0.3) is 0 Å². The van der Waals surface area contributed by atoms with Gasteiger partial charge in [-0.15, -0.1) is 0 Å². The first-order valence-electron chi connectivity index (χ1n) is 4.19. The number of nitrogens with zero attached hydrogens (tertiary/aromatic N) is 2. The van der Waals surface area contributed by atoms with Gasteiger partial charge in [0.1, 0.15) is 0 Å². The summed E-state index contributed by atoms with van der Waals surface area (Å²) in [5, 5.41) is 3.00. The molecule has 1 aromatic heterocycles. The van der Waals surface area contributed by atoms with Crippen LogP contribution in [-0.4, -0.2) is 29.7 Å². The first-order chi connectivity index (χ1) is 6.63. The molecule has 1 unspecified atom stereocenters. The Labute approximate surface area is 91.2 Å². The molecule has 0 aliphatic rings. The molecule has 5 nitrogen and oxygen atoms in total. The van der Waals surface area contributed by atoms with Crippen LogP contribution in [0.25, 0.3) is 0 Å². The summed E-state index contributed by atoms with van der Waals surface area (Å²) >= 11 is 3.27. The summed E-state index contributed by atoms with van der Waals surface area (Å²) in [4.78, 5) is 8.17. The van der Waals surface area contributed by atoms with Crippen LogP contribution in [-0.2, 0) is 0 Å². The minimum Gasteiger partial charge on any atom is -0.480 e. The van der Waals surface area contributed by atoms with Gasteiger partial charge in [-0.25, -0.2) is 4.98 Å². The second-order valence-electron chi connectivity index (χ2n) is 2.91. The smallest absolute Gasteiger partial charge is 0.232 e. The number of hydrogen-bond acceptors (Lipinski definition) is 5. The maximum absolute atomic E-state index is 5.58. The lowest BCUT2D eigenvalue weighted by molar-refractivity contribution is 0.394. The van der Waals surface area contributed by atoms with Gasteiger partial charge in [0, 0.05) is 12.6 Å². The fraction of sp³-hybridized carbons (Fsp3) is 0.500. The van der Waals surface area contributed by atoms with Crippen LogP contribution >= 0.6 is 15.9 Å². The van der Waals surface area contributed by atoms with Crippen LogP contribution in [0.2, 0.25) is 0 Å². The molecule has 0 saturated carbocycles. The van der Waals surface area contributed by atoms with Crippen LogP contribution in [0, 0.1) is 0 Å². The highest BCUT2D eigenvalue weighted by Crippen LogP contribution is 2.21. The van der Waals surface area contributed by atoms with Gasteiger partial charge >= 0.3 is 0 Å². The second kappa shape index (κ2) is 5.11. The lowest BCUT2D eigenvalue weighted by Crippen LogP contribution is -2.25. The van der Waals surface area contributed by atoms with E-state index in [1.165, 1.54) is 0 Å². The molecular formula is C8H13BrN4O. The van der Waals surface area contributed by atoms with E-state index >= 15 is 0 Å². The lowest BCUT2D eigenvalue weighted by Gasteiger charge is -2.08. The predicted octanol–water partition coefficient (Wildman–Crippen LogP) is 1.01. The summed E-state index contributed by atoms with van der Waals surface area (Å²) in [5.74, 6) is 1.02. The Morgan fingerprint density at radius 3 is 3.00 bits per heavy atom. The molecule has 0 saturated heterocycles. The molecular weight excluding hydrogens is 248 g/mol. The van der Waals surface area contributed by atoms with Gasteiger partial charge in [0.15, 0.2) is 0 Å². The van der Waals surface area contributed by atoms with Crippen molar-refractivity contribution < 1.29 is 4.74 Å². The summed E-state index contributed by atoms with van der Waals surface area (Å²) in [6.45, 7) is 2.54. The molecule has 0 aliphatic carbocycles. The van der Waals surface area contributed by atoms with Gasteiger partial charge in [-0.2, -0.15) is 4.98 Å². The van der Waals surface area contributed by atoms with Crippen LogP contribution in [0.1, 0.15) is 6.92 Å². The highest BCUT2D eigenvalue weighted by molar-refractivity contribution is 9.10. The van der Waals surface area contributed by atoms with Crippen molar-refractivity contribution in [3.63, 3.8) is 0 Å². The Morgan fingerprint density at radius 2 is 2.43 bits per heavy atom. The minimum atomic E-state index is 0.0632. The van der Waals surface area contributed by atoms with E-state index in [9.17, 15) is 0 Å². The monoisotopic (exact) mass is 260 g/mol. The summed E-state index contributed by atoms with van der Waals surface area (Å²) in [5.41, 5.74) is 5.58. The molecule has 0 fully saturated rings. The quantitative estimate of drug-likeness (QED) is 0.846. The number of halogens is 1. The van der Waals surface area contributed by atoms with E-state index < -0.39 is 0 Å². The standard InChI is InChI=1S/C8H13BrN4O/c1-5(10)3-11-8-12-4-6(9)7(13-8)14-2/h4-5H,3,10H2,1-2H3,(H,11,12,13). The Hall–Kier alpha value is -0.880. The molecule has 0 amide bonds. The van der Waals surface area contributed by atoms with Gasteiger partial charge in [-0.3, -0.25) is 0 Å². The molecule has 14 heavy (non-hydrogen) atoms. The summed E-state index contributed by atoms with van der Waals surface area (Å²) < 4.78 is 5.75. The number of aromatic nitrogens is 2. The average molecular weight is 261 g/mol. The maximum atomic E-state index is 5.58. The first kappa shape index (κ1) is 11.2. The third kappa shape index (κ3) is 3.12. The van der Waals surface area contributed by atoms with E-state index in [-0.39, 0.29) is 6.04 Å². The number of hydrogen-bond donors (Lipinski definition) is 2. The van der Waals surface area contributed by atoms with Crippen LogP contribution < -0.4 is 15.8 Å². The molecule has 78 valence electrons. The molecule has 1 rings (SSSR count). The molecule has 1 heterocycles. The van der Waals surface area contributed by atoms with Crippen LogP contribution in [0.15, 0.2) is 10.7 Å². The van der Waals surface area contributed by atoms with E-state index in [4.69, 9.17) is 10.5 Å². The van der Waals surface area contributed by atoms with Crippen molar-refractivity contribution in [2.24, 2.45) is 5.73 Å². The summed E-state index contributed by atoms with van der Waals surface area (Å²) in [6.07, 6.45) is 1.63.